The zero-order valence-corrected chi connectivity index (χ0v) is 12.9. The quantitative estimate of drug-likeness (QED) is 0.783. The molecule has 0 bridgehead atoms. The summed E-state index contributed by atoms with van der Waals surface area (Å²) in [7, 11) is 0. The summed E-state index contributed by atoms with van der Waals surface area (Å²) in [6.45, 7) is 3.78. The predicted octanol–water partition coefficient (Wildman–Crippen LogP) is 5.12. The molecule has 0 fully saturated rings. The standard InChI is InChI=1S/C14H13BrClFN2/c1-8-5-11(7-18-14(8)16)19-9(2)12-6-10(15)3-4-13(12)17/h3-7,9,19H,1-2H3. The highest BCUT2D eigenvalue weighted by Gasteiger charge is 2.12. The molecule has 1 heterocycles. The van der Waals surface area contributed by atoms with Crippen LogP contribution in [0.2, 0.25) is 5.15 Å². The molecule has 0 spiro atoms. The van der Waals surface area contributed by atoms with Crippen LogP contribution in [-0.4, -0.2) is 4.98 Å². The van der Waals surface area contributed by atoms with Gasteiger partial charge in [-0.2, -0.15) is 0 Å². The first-order valence-electron chi connectivity index (χ1n) is 5.81. The summed E-state index contributed by atoms with van der Waals surface area (Å²) in [5.41, 5.74) is 2.30. The van der Waals surface area contributed by atoms with Gasteiger partial charge in [0.15, 0.2) is 0 Å². The minimum Gasteiger partial charge on any atom is -0.377 e. The van der Waals surface area contributed by atoms with Crippen molar-refractivity contribution in [1.82, 2.24) is 4.98 Å². The number of nitrogens with zero attached hydrogens (tertiary/aromatic N) is 1. The molecule has 1 aromatic heterocycles. The predicted molar refractivity (Wildman–Crippen MR) is 80.1 cm³/mol. The first-order valence-corrected chi connectivity index (χ1v) is 6.98. The lowest BCUT2D eigenvalue weighted by Crippen LogP contribution is -2.09. The molecule has 0 saturated heterocycles. The van der Waals surface area contributed by atoms with Crippen molar-refractivity contribution < 1.29 is 4.39 Å². The first kappa shape index (κ1) is 14.3. The highest BCUT2D eigenvalue weighted by Crippen LogP contribution is 2.25. The van der Waals surface area contributed by atoms with E-state index in [0.717, 1.165) is 15.7 Å². The monoisotopic (exact) mass is 342 g/mol. The van der Waals surface area contributed by atoms with Gasteiger partial charge in [0, 0.05) is 10.0 Å². The molecule has 1 atom stereocenters. The van der Waals surface area contributed by atoms with Crippen molar-refractivity contribution in [2.45, 2.75) is 19.9 Å². The summed E-state index contributed by atoms with van der Waals surface area (Å²) in [5.74, 6) is -0.234. The molecule has 0 aliphatic carbocycles. The maximum Gasteiger partial charge on any atom is 0.132 e. The molecule has 1 N–H and O–H groups in total. The number of hydrogen-bond donors (Lipinski definition) is 1. The fraction of sp³-hybridized carbons (Fsp3) is 0.214. The van der Waals surface area contributed by atoms with E-state index in [9.17, 15) is 4.39 Å². The van der Waals surface area contributed by atoms with Crippen LogP contribution >= 0.6 is 27.5 Å². The van der Waals surface area contributed by atoms with Crippen molar-refractivity contribution in [2.75, 3.05) is 5.32 Å². The largest absolute Gasteiger partial charge is 0.377 e. The lowest BCUT2D eigenvalue weighted by atomic mass is 10.1. The maximum atomic E-state index is 13.8. The minimum atomic E-state index is -0.234. The Morgan fingerprint density at radius 3 is 2.79 bits per heavy atom. The molecule has 0 saturated carbocycles. The van der Waals surface area contributed by atoms with E-state index in [1.54, 1.807) is 18.3 Å². The minimum absolute atomic E-state index is 0.167. The number of aromatic nitrogens is 1. The van der Waals surface area contributed by atoms with E-state index < -0.39 is 0 Å². The van der Waals surface area contributed by atoms with Gasteiger partial charge in [-0.05, 0) is 43.7 Å². The Kier molecular flexibility index (Phi) is 4.42. The topological polar surface area (TPSA) is 24.9 Å². The second kappa shape index (κ2) is 5.88. The Morgan fingerprint density at radius 2 is 2.11 bits per heavy atom. The van der Waals surface area contributed by atoms with Gasteiger partial charge in [-0.3, -0.25) is 0 Å². The molecule has 0 amide bonds. The van der Waals surface area contributed by atoms with Crippen LogP contribution in [0, 0.1) is 12.7 Å². The van der Waals surface area contributed by atoms with E-state index in [1.807, 2.05) is 19.9 Å². The van der Waals surface area contributed by atoms with Crippen LogP contribution in [0.3, 0.4) is 0 Å². The van der Waals surface area contributed by atoms with Gasteiger partial charge < -0.3 is 5.32 Å². The number of hydrogen-bond acceptors (Lipinski definition) is 2. The van der Waals surface area contributed by atoms with Crippen molar-refractivity contribution in [3.8, 4) is 0 Å². The number of halogens is 3. The van der Waals surface area contributed by atoms with E-state index in [1.165, 1.54) is 6.07 Å². The molecular formula is C14H13BrClFN2. The molecular weight excluding hydrogens is 331 g/mol. The zero-order chi connectivity index (χ0) is 14.0. The van der Waals surface area contributed by atoms with E-state index in [0.29, 0.717) is 10.7 Å². The third-order valence-corrected chi connectivity index (χ3v) is 3.71. The van der Waals surface area contributed by atoms with E-state index >= 15 is 0 Å². The third-order valence-electron chi connectivity index (χ3n) is 2.82. The van der Waals surface area contributed by atoms with Crippen LogP contribution in [0.15, 0.2) is 34.9 Å². The highest BCUT2D eigenvalue weighted by molar-refractivity contribution is 9.10. The Hall–Kier alpha value is -1.13. The molecule has 5 heteroatoms. The van der Waals surface area contributed by atoms with Gasteiger partial charge in [-0.15, -0.1) is 0 Å². The van der Waals surface area contributed by atoms with Crippen molar-refractivity contribution in [3.63, 3.8) is 0 Å². The summed E-state index contributed by atoms with van der Waals surface area (Å²) in [4.78, 5) is 4.07. The molecule has 2 nitrogen and oxygen atoms in total. The molecule has 0 aliphatic heterocycles. The Labute approximate surface area is 125 Å². The molecule has 19 heavy (non-hydrogen) atoms. The maximum absolute atomic E-state index is 13.8. The second-order valence-corrected chi connectivity index (χ2v) is 5.64. The molecule has 0 aliphatic rings. The Morgan fingerprint density at radius 1 is 1.37 bits per heavy atom. The van der Waals surface area contributed by atoms with Crippen LogP contribution in [0.1, 0.15) is 24.1 Å². The molecule has 1 unspecified atom stereocenters. The third kappa shape index (κ3) is 3.45. The van der Waals surface area contributed by atoms with Crippen LogP contribution in [0.25, 0.3) is 0 Å². The van der Waals surface area contributed by atoms with E-state index in [2.05, 4.69) is 26.2 Å². The van der Waals surface area contributed by atoms with Crippen molar-refractivity contribution in [1.29, 1.82) is 0 Å². The number of anilines is 1. The summed E-state index contributed by atoms with van der Waals surface area (Å²) < 4.78 is 14.6. The average Bonchev–Trinajstić information content (AvgIpc) is 2.36. The van der Waals surface area contributed by atoms with Gasteiger partial charge in [0.25, 0.3) is 0 Å². The normalized spacial score (nSPS) is 12.3. The second-order valence-electron chi connectivity index (χ2n) is 4.36. The van der Waals surface area contributed by atoms with Gasteiger partial charge in [-0.25, -0.2) is 9.37 Å². The van der Waals surface area contributed by atoms with Gasteiger partial charge in [-0.1, -0.05) is 27.5 Å². The number of benzene rings is 1. The number of pyridine rings is 1. The van der Waals surface area contributed by atoms with Crippen LogP contribution in [-0.2, 0) is 0 Å². The van der Waals surface area contributed by atoms with Gasteiger partial charge in [0.1, 0.15) is 11.0 Å². The molecule has 100 valence electrons. The van der Waals surface area contributed by atoms with Gasteiger partial charge >= 0.3 is 0 Å². The van der Waals surface area contributed by atoms with Gasteiger partial charge in [0.05, 0.1) is 17.9 Å². The number of rotatable bonds is 3. The molecule has 2 rings (SSSR count). The molecule has 2 aromatic rings. The number of aryl methyl sites for hydroxylation is 1. The van der Waals surface area contributed by atoms with Gasteiger partial charge in [0.2, 0.25) is 0 Å². The lowest BCUT2D eigenvalue weighted by Gasteiger charge is -2.17. The van der Waals surface area contributed by atoms with Crippen molar-refractivity contribution in [2.24, 2.45) is 0 Å². The first-order chi connectivity index (χ1) is 8.97. The van der Waals surface area contributed by atoms with Crippen LogP contribution < -0.4 is 5.32 Å². The number of nitrogens with one attached hydrogen (secondary N) is 1. The van der Waals surface area contributed by atoms with E-state index in [4.69, 9.17) is 11.6 Å². The molecule has 0 radical (unpaired) electrons. The van der Waals surface area contributed by atoms with E-state index in [-0.39, 0.29) is 11.9 Å². The summed E-state index contributed by atoms with van der Waals surface area (Å²) >= 11 is 9.22. The summed E-state index contributed by atoms with van der Waals surface area (Å²) in [5, 5.41) is 3.69. The molecule has 1 aromatic carbocycles. The van der Waals surface area contributed by atoms with Crippen LogP contribution in [0.5, 0.6) is 0 Å². The Bertz CT molecular complexity index is 604. The summed E-state index contributed by atoms with van der Waals surface area (Å²) in [6, 6.07) is 6.62. The zero-order valence-electron chi connectivity index (χ0n) is 10.5. The highest BCUT2D eigenvalue weighted by atomic mass is 79.9. The fourth-order valence-electron chi connectivity index (χ4n) is 1.81. The Balaban J connectivity index is 2.22. The SMILES string of the molecule is Cc1cc(NC(C)c2cc(Br)ccc2F)cnc1Cl. The van der Waals surface area contributed by atoms with Crippen molar-refractivity contribution in [3.05, 3.63) is 57.0 Å². The van der Waals surface area contributed by atoms with Crippen molar-refractivity contribution >= 4 is 33.2 Å². The lowest BCUT2D eigenvalue weighted by molar-refractivity contribution is 0.600. The average molecular weight is 344 g/mol. The summed E-state index contributed by atoms with van der Waals surface area (Å²) in [6.07, 6.45) is 1.64. The smallest absolute Gasteiger partial charge is 0.132 e. The fourth-order valence-corrected chi connectivity index (χ4v) is 2.29. The van der Waals surface area contributed by atoms with Crippen LogP contribution in [0.4, 0.5) is 10.1 Å².